The highest BCUT2D eigenvalue weighted by Crippen LogP contribution is 2.27. The number of sulfone groups is 1. The van der Waals surface area contributed by atoms with Crippen LogP contribution in [-0.2, 0) is 26.9 Å². The summed E-state index contributed by atoms with van der Waals surface area (Å²) in [5, 5.41) is 3.12. The number of aromatic amines is 1. The molecule has 3 aromatic heterocycles. The predicted octanol–water partition coefficient (Wildman–Crippen LogP) is 2.11. The smallest absolute Gasteiger partial charge is 0.151 e. The lowest BCUT2D eigenvalue weighted by Gasteiger charge is -2.34. The maximum Gasteiger partial charge on any atom is 0.151 e. The topological polar surface area (TPSA) is 100 Å². The molecule has 0 aromatic carbocycles. The normalized spacial score (nSPS) is 17.6. The third-order valence-electron chi connectivity index (χ3n) is 5.12. The first-order valence-corrected chi connectivity index (χ1v) is 12.0. The Morgan fingerprint density at radius 1 is 1.23 bits per heavy atom. The van der Waals surface area contributed by atoms with E-state index < -0.39 is 9.84 Å². The van der Waals surface area contributed by atoms with Gasteiger partial charge in [0.1, 0.15) is 5.82 Å². The molecule has 0 aliphatic carbocycles. The van der Waals surface area contributed by atoms with Crippen molar-refractivity contribution in [1.82, 2.24) is 20.3 Å². The lowest BCUT2D eigenvalue weighted by atomic mass is 10.1. The number of hydrogen-bond acceptors (Lipinski definition) is 7. The number of aromatic nitrogens is 3. The Hall–Kier alpha value is -2.49. The summed E-state index contributed by atoms with van der Waals surface area (Å²) in [6, 6.07) is 9.77. The van der Waals surface area contributed by atoms with Crippen LogP contribution in [0.4, 0.5) is 5.82 Å². The van der Waals surface area contributed by atoms with Crippen molar-refractivity contribution < 1.29 is 13.2 Å². The van der Waals surface area contributed by atoms with Crippen LogP contribution in [0.3, 0.4) is 0 Å². The summed E-state index contributed by atoms with van der Waals surface area (Å²) in [6.45, 7) is 4.77. The highest BCUT2D eigenvalue weighted by atomic mass is 32.2. The van der Waals surface area contributed by atoms with Gasteiger partial charge in [0.25, 0.3) is 0 Å². The molecule has 0 radical (unpaired) electrons. The zero-order valence-electron chi connectivity index (χ0n) is 17.5. The minimum absolute atomic E-state index is 0.0348. The maximum atomic E-state index is 12.0. The third kappa shape index (κ3) is 4.63. The monoisotopic (exact) mass is 429 g/mol. The standard InChI is InChI=1S/C21H27N5O3S/c1-14-12-29-7-6-26(14)21-9-15(13-30(3,27)28)8-19(25-21)18-5-4-17-20(24-18)10-16(23-17)11-22-2/h4-5,8-10,14,22-23H,6-7,11-13H2,1-3H3/t14-/m0/s1. The number of rotatable bonds is 6. The fourth-order valence-corrected chi connectivity index (χ4v) is 4.57. The Morgan fingerprint density at radius 3 is 2.80 bits per heavy atom. The molecule has 4 heterocycles. The summed E-state index contributed by atoms with van der Waals surface area (Å²) < 4.78 is 29.5. The first-order valence-electron chi connectivity index (χ1n) is 9.99. The summed E-state index contributed by atoms with van der Waals surface area (Å²) in [6.07, 6.45) is 1.25. The summed E-state index contributed by atoms with van der Waals surface area (Å²) in [5.41, 5.74) is 4.97. The average molecular weight is 430 g/mol. The van der Waals surface area contributed by atoms with Crippen molar-refractivity contribution in [2.24, 2.45) is 0 Å². The number of nitrogens with one attached hydrogen (secondary N) is 2. The Morgan fingerprint density at radius 2 is 2.07 bits per heavy atom. The van der Waals surface area contributed by atoms with Crippen LogP contribution >= 0.6 is 0 Å². The van der Waals surface area contributed by atoms with E-state index in [0.29, 0.717) is 31.0 Å². The molecule has 3 aromatic rings. The van der Waals surface area contributed by atoms with Gasteiger partial charge in [0.05, 0.1) is 47.4 Å². The molecule has 1 aliphatic heterocycles. The molecule has 1 aliphatic rings. The maximum absolute atomic E-state index is 12.0. The largest absolute Gasteiger partial charge is 0.377 e. The van der Waals surface area contributed by atoms with Crippen molar-refractivity contribution in [1.29, 1.82) is 0 Å². The predicted molar refractivity (Wildman–Crippen MR) is 118 cm³/mol. The van der Waals surface area contributed by atoms with Gasteiger partial charge in [-0.1, -0.05) is 0 Å². The summed E-state index contributed by atoms with van der Waals surface area (Å²) in [5.74, 6) is 0.723. The highest BCUT2D eigenvalue weighted by Gasteiger charge is 2.22. The van der Waals surface area contributed by atoms with Crippen molar-refractivity contribution in [2.45, 2.75) is 25.3 Å². The molecule has 0 amide bonds. The van der Waals surface area contributed by atoms with Crippen LogP contribution in [0.25, 0.3) is 22.4 Å². The molecule has 0 bridgehead atoms. The van der Waals surface area contributed by atoms with Crippen LogP contribution in [0.5, 0.6) is 0 Å². The van der Waals surface area contributed by atoms with Gasteiger partial charge in [0.2, 0.25) is 0 Å². The van der Waals surface area contributed by atoms with Crippen molar-refractivity contribution in [2.75, 3.05) is 38.0 Å². The third-order valence-corrected chi connectivity index (χ3v) is 5.98. The molecule has 8 nitrogen and oxygen atoms in total. The van der Waals surface area contributed by atoms with Crippen molar-refractivity contribution in [3.8, 4) is 11.4 Å². The number of fused-ring (bicyclic) bond motifs is 1. The second kappa shape index (κ2) is 8.33. The first-order chi connectivity index (χ1) is 14.3. The Bertz CT molecular complexity index is 1160. The number of morpholine rings is 1. The quantitative estimate of drug-likeness (QED) is 0.619. The molecular weight excluding hydrogens is 402 g/mol. The summed E-state index contributed by atoms with van der Waals surface area (Å²) in [4.78, 5) is 15.1. The van der Waals surface area contributed by atoms with E-state index in [1.807, 2.05) is 37.4 Å². The lowest BCUT2D eigenvalue weighted by Crippen LogP contribution is -2.44. The summed E-state index contributed by atoms with van der Waals surface area (Å²) >= 11 is 0. The van der Waals surface area contributed by atoms with Gasteiger partial charge < -0.3 is 19.9 Å². The molecule has 0 spiro atoms. The van der Waals surface area contributed by atoms with E-state index in [1.54, 1.807) is 0 Å². The number of anilines is 1. The lowest BCUT2D eigenvalue weighted by molar-refractivity contribution is 0.0985. The first kappa shape index (κ1) is 20.8. The van der Waals surface area contributed by atoms with Gasteiger partial charge in [0.15, 0.2) is 9.84 Å². The van der Waals surface area contributed by atoms with E-state index in [-0.39, 0.29) is 11.8 Å². The van der Waals surface area contributed by atoms with Crippen LogP contribution < -0.4 is 10.2 Å². The molecular formula is C21H27N5O3S. The molecule has 160 valence electrons. The molecule has 2 N–H and O–H groups in total. The second-order valence-electron chi connectivity index (χ2n) is 7.86. The van der Waals surface area contributed by atoms with E-state index in [4.69, 9.17) is 14.7 Å². The van der Waals surface area contributed by atoms with Gasteiger partial charge in [-0.3, -0.25) is 0 Å². The number of ether oxygens (including phenoxy) is 1. The molecule has 9 heteroatoms. The number of nitrogens with zero attached hydrogens (tertiary/aromatic N) is 3. The molecule has 30 heavy (non-hydrogen) atoms. The minimum Gasteiger partial charge on any atom is -0.377 e. The van der Waals surface area contributed by atoms with Gasteiger partial charge in [-0.15, -0.1) is 0 Å². The van der Waals surface area contributed by atoms with E-state index in [1.165, 1.54) is 6.26 Å². The average Bonchev–Trinajstić information content (AvgIpc) is 3.08. The van der Waals surface area contributed by atoms with Crippen LogP contribution in [-0.4, -0.2) is 62.5 Å². The van der Waals surface area contributed by atoms with Gasteiger partial charge >= 0.3 is 0 Å². The SMILES string of the molecule is CNCc1cc2nc(-c3cc(CS(C)(=O)=O)cc(N4CCOC[C@@H]4C)n3)ccc2[nH]1. The molecule has 0 saturated carbocycles. The Balaban J connectivity index is 1.78. The van der Waals surface area contributed by atoms with Crippen molar-refractivity contribution >= 4 is 26.7 Å². The molecule has 0 unspecified atom stereocenters. The molecule has 1 fully saturated rings. The van der Waals surface area contributed by atoms with Gasteiger partial charge in [0, 0.05) is 25.0 Å². The fraction of sp³-hybridized carbons (Fsp3) is 0.429. The van der Waals surface area contributed by atoms with E-state index in [2.05, 4.69) is 22.1 Å². The van der Waals surface area contributed by atoms with Crippen LogP contribution in [0.1, 0.15) is 18.2 Å². The van der Waals surface area contributed by atoms with Gasteiger partial charge in [-0.2, -0.15) is 0 Å². The van der Waals surface area contributed by atoms with Crippen LogP contribution in [0, 0.1) is 0 Å². The van der Waals surface area contributed by atoms with Crippen molar-refractivity contribution in [3.63, 3.8) is 0 Å². The Labute approximate surface area is 176 Å². The van der Waals surface area contributed by atoms with Gasteiger partial charge in [-0.05, 0) is 49.9 Å². The van der Waals surface area contributed by atoms with Crippen LogP contribution in [0.15, 0.2) is 30.3 Å². The minimum atomic E-state index is -3.18. The zero-order chi connectivity index (χ0) is 21.3. The van der Waals surface area contributed by atoms with Crippen molar-refractivity contribution in [3.05, 3.63) is 41.6 Å². The zero-order valence-corrected chi connectivity index (χ0v) is 18.3. The number of pyridine rings is 2. The van der Waals surface area contributed by atoms with E-state index in [0.717, 1.165) is 34.8 Å². The highest BCUT2D eigenvalue weighted by molar-refractivity contribution is 7.89. The van der Waals surface area contributed by atoms with E-state index in [9.17, 15) is 8.42 Å². The number of H-pyrrole nitrogens is 1. The summed E-state index contributed by atoms with van der Waals surface area (Å²) in [7, 11) is -1.28. The number of hydrogen-bond donors (Lipinski definition) is 2. The van der Waals surface area contributed by atoms with E-state index >= 15 is 0 Å². The molecule has 1 atom stereocenters. The second-order valence-corrected chi connectivity index (χ2v) is 10.0. The molecule has 4 rings (SSSR count). The fourth-order valence-electron chi connectivity index (χ4n) is 3.80. The molecule has 1 saturated heterocycles. The van der Waals surface area contributed by atoms with Crippen LogP contribution in [0.2, 0.25) is 0 Å². The Kier molecular flexibility index (Phi) is 5.77. The van der Waals surface area contributed by atoms with Gasteiger partial charge in [-0.25, -0.2) is 18.4 Å².